The smallest absolute Gasteiger partial charge is 0.0931 e. The van der Waals surface area contributed by atoms with Crippen molar-refractivity contribution >= 4 is 22.9 Å². The molecule has 1 heterocycles. The second kappa shape index (κ2) is 6.19. The molecule has 1 aromatic heterocycles. The molecule has 4 heteroatoms. The number of rotatable bonds is 7. The van der Waals surface area contributed by atoms with Gasteiger partial charge in [-0.25, -0.2) is 0 Å². The van der Waals surface area contributed by atoms with Crippen LogP contribution in [0, 0.1) is 11.8 Å². The number of nitrogens with one attached hydrogen (secondary N) is 1. The van der Waals surface area contributed by atoms with Crippen molar-refractivity contribution in [1.29, 1.82) is 0 Å². The van der Waals surface area contributed by atoms with Gasteiger partial charge in [-0.05, 0) is 37.4 Å². The molecule has 2 unspecified atom stereocenters. The summed E-state index contributed by atoms with van der Waals surface area (Å²) in [5, 5.41) is 3.46. The molecule has 1 saturated carbocycles. The minimum atomic E-state index is 0.877. The van der Waals surface area contributed by atoms with Crippen LogP contribution in [-0.4, -0.2) is 31.6 Å². The van der Waals surface area contributed by atoms with Crippen LogP contribution in [0.1, 0.15) is 18.2 Å². The summed E-state index contributed by atoms with van der Waals surface area (Å²) in [6.45, 7) is 6.71. The molecule has 1 aromatic rings. The van der Waals surface area contributed by atoms with Crippen molar-refractivity contribution in [2.24, 2.45) is 11.8 Å². The first-order valence-corrected chi connectivity index (χ1v) is 7.48. The molecular weight excluding hydrogens is 252 g/mol. The number of nitrogens with zero attached hydrogens (tertiary/aromatic N) is 1. The Labute approximate surface area is 113 Å². The van der Waals surface area contributed by atoms with Crippen molar-refractivity contribution in [2.75, 3.05) is 26.7 Å². The highest BCUT2D eigenvalue weighted by Gasteiger charge is 2.32. The van der Waals surface area contributed by atoms with Crippen LogP contribution in [-0.2, 0) is 6.54 Å². The van der Waals surface area contributed by atoms with Crippen LogP contribution in [0.15, 0.2) is 12.1 Å². The van der Waals surface area contributed by atoms with Crippen molar-refractivity contribution < 1.29 is 0 Å². The van der Waals surface area contributed by atoms with Crippen molar-refractivity contribution in [3.05, 3.63) is 21.3 Å². The zero-order valence-electron chi connectivity index (χ0n) is 10.6. The first kappa shape index (κ1) is 13.3. The number of hydrogen-bond donors (Lipinski definition) is 1. The van der Waals surface area contributed by atoms with E-state index in [1.807, 2.05) is 6.07 Å². The predicted molar refractivity (Wildman–Crippen MR) is 75.8 cm³/mol. The van der Waals surface area contributed by atoms with Crippen molar-refractivity contribution in [3.8, 4) is 0 Å². The lowest BCUT2D eigenvalue weighted by Gasteiger charge is -2.16. The second-order valence-corrected chi connectivity index (χ2v) is 6.92. The van der Waals surface area contributed by atoms with Gasteiger partial charge in [0.25, 0.3) is 0 Å². The predicted octanol–water partition coefficient (Wildman–Crippen LogP) is 3.08. The molecule has 17 heavy (non-hydrogen) atoms. The van der Waals surface area contributed by atoms with E-state index >= 15 is 0 Å². The zero-order chi connectivity index (χ0) is 12.3. The molecule has 1 aliphatic carbocycles. The van der Waals surface area contributed by atoms with E-state index in [0.29, 0.717) is 0 Å². The molecular formula is C13H21ClN2S. The summed E-state index contributed by atoms with van der Waals surface area (Å²) in [6, 6.07) is 4.05. The lowest BCUT2D eigenvalue weighted by atomic mass is 10.3. The Morgan fingerprint density at radius 2 is 2.29 bits per heavy atom. The average molecular weight is 273 g/mol. The summed E-state index contributed by atoms with van der Waals surface area (Å²) in [6.07, 6.45) is 1.42. The molecule has 0 saturated heterocycles. The molecule has 0 spiro atoms. The fourth-order valence-corrected chi connectivity index (χ4v) is 3.13. The van der Waals surface area contributed by atoms with E-state index in [0.717, 1.165) is 35.8 Å². The number of likely N-dealkylation sites (N-methyl/N-ethyl adjacent to an activating group) is 1. The van der Waals surface area contributed by atoms with Crippen LogP contribution in [0.25, 0.3) is 0 Å². The van der Waals surface area contributed by atoms with Crippen LogP contribution >= 0.6 is 22.9 Å². The van der Waals surface area contributed by atoms with Gasteiger partial charge in [0.2, 0.25) is 0 Å². The minimum Gasteiger partial charge on any atom is -0.311 e. The highest BCUT2D eigenvalue weighted by molar-refractivity contribution is 7.16. The average Bonchev–Trinajstić information content (AvgIpc) is 2.79. The van der Waals surface area contributed by atoms with E-state index in [1.54, 1.807) is 11.3 Å². The zero-order valence-corrected chi connectivity index (χ0v) is 12.2. The van der Waals surface area contributed by atoms with Crippen LogP contribution in [0.2, 0.25) is 4.34 Å². The summed E-state index contributed by atoms with van der Waals surface area (Å²) < 4.78 is 0.877. The largest absolute Gasteiger partial charge is 0.311 e. The van der Waals surface area contributed by atoms with E-state index in [-0.39, 0.29) is 0 Å². The minimum absolute atomic E-state index is 0.877. The van der Waals surface area contributed by atoms with Gasteiger partial charge in [-0.3, -0.25) is 0 Å². The molecule has 0 amide bonds. The monoisotopic (exact) mass is 272 g/mol. The molecule has 2 atom stereocenters. The molecule has 1 aliphatic rings. The van der Waals surface area contributed by atoms with Crippen LogP contribution in [0.3, 0.4) is 0 Å². The third-order valence-corrected chi connectivity index (χ3v) is 4.65. The van der Waals surface area contributed by atoms with E-state index < -0.39 is 0 Å². The number of thiophene rings is 1. The molecule has 1 N–H and O–H groups in total. The molecule has 1 fully saturated rings. The molecule has 96 valence electrons. The van der Waals surface area contributed by atoms with Crippen LogP contribution < -0.4 is 5.32 Å². The van der Waals surface area contributed by atoms with Gasteiger partial charge in [-0.1, -0.05) is 18.5 Å². The Kier molecular flexibility index (Phi) is 4.86. The van der Waals surface area contributed by atoms with E-state index in [4.69, 9.17) is 11.6 Å². The van der Waals surface area contributed by atoms with Crippen molar-refractivity contribution in [3.63, 3.8) is 0 Å². The second-order valence-electron chi connectivity index (χ2n) is 5.12. The lowest BCUT2D eigenvalue weighted by molar-refractivity contribution is 0.313. The Hall–Kier alpha value is -0.0900. The van der Waals surface area contributed by atoms with Gasteiger partial charge in [0.15, 0.2) is 0 Å². The third-order valence-electron chi connectivity index (χ3n) is 3.42. The van der Waals surface area contributed by atoms with Crippen molar-refractivity contribution in [2.45, 2.75) is 19.9 Å². The SMILES string of the molecule is CC1CC1CN(C)CCNCc1ccc(Cl)s1. The standard InChI is InChI=1S/C13H21ClN2S/c1-10-7-11(10)9-16(2)6-5-15-8-12-3-4-13(14)17-12/h3-4,10-11,15H,5-9H2,1-2H3. The van der Waals surface area contributed by atoms with Gasteiger partial charge in [0.05, 0.1) is 4.34 Å². The number of halogens is 1. The lowest BCUT2D eigenvalue weighted by Crippen LogP contribution is -2.30. The summed E-state index contributed by atoms with van der Waals surface area (Å²) in [7, 11) is 2.22. The van der Waals surface area contributed by atoms with Gasteiger partial charge in [0.1, 0.15) is 0 Å². The fraction of sp³-hybridized carbons (Fsp3) is 0.692. The van der Waals surface area contributed by atoms with E-state index in [1.165, 1.54) is 17.8 Å². The summed E-state index contributed by atoms with van der Waals surface area (Å²) in [5.74, 6) is 1.91. The van der Waals surface area contributed by atoms with Gasteiger partial charge in [0, 0.05) is 31.1 Å². The highest BCUT2D eigenvalue weighted by atomic mass is 35.5. The van der Waals surface area contributed by atoms with Crippen LogP contribution in [0.4, 0.5) is 0 Å². The quantitative estimate of drug-likeness (QED) is 0.768. The highest BCUT2D eigenvalue weighted by Crippen LogP contribution is 2.37. The summed E-state index contributed by atoms with van der Waals surface area (Å²) in [4.78, 5) is 3.75. The maximum absolute atomic E-state index is 5.88. The Bertz CT molecular complexity index is 353. The summed E-state index contributed by atoms with van der Waals surface area (Å²) >= 11 is 7.54. The Morgan fingerprint density at radius 3 is 2.88 bits per heavy atom. The molecule has 0 aliphatic heterocycles. The van der Waals surface area contributed by atoms with Gasteiger partial charge >= 0.3 is 0 Å². The topological polar surface area (TPSA) is 15.3 Å². The fourth-order valence-electron chi connectivity index (χ4n) is 2.07. The molecule has 2 nitrogen and oxygen atoms in total. The third kappa shape index (κ3) is 4.59. The Morgan fingerprint density at radius 1 is 1.53 bits per heavy atom. The normalized spacial score (nSPS) is 23.3. The van der Waals surface area contributed by atoms with Gasteiger partial charge < -0.3 is 10.2 Å². The van der Waals surface area contributed by atoms with Gasteiger partial charge in [-0.15, -0.1) is 11.3 Å². The first-order chi connectivity index (χ1) is 8.15. The number of hydrogen-bond acceptors (Lipinski definition) is 3. The van der Waals surface area contributed by atoms with Crippen LogP contribution in [0.5, 0.6) is 0 Å². The maximum Gasteiger partial charge on any atom is 0.0931 e. The molecule has 0 aromatic carbocycles. The van der Waals surface area contributed by atoms with Crippen molar-refractivity contribution in [1.82, 2.24) is 10.2 Å². The first-order valence-electron chi connectivity index (χ1n) is 6.28. The van der Waals surface area contributed by atoms with E-state index in [2.05, 4.69) is 30.3 Å². The molecule has 0 bridgehead atoms. The Balaban J connectivity index is 1.53. The van der Waals surface area contributed by atoms with Gasteiger partial charge in [-0.2, -0.15) is 0 Å². The maximum atomic E-state index is 5.88. The molecule has 0 radical (unpaired) electrons. The van der Waals surface area contributed by atoms with E-state index in [9.17, 15) is 0 Å². The molecule has 2 rings (SSSR count). The summed E-state index contributed by atoms with van der Waals surface area (Å²) in [5.41, 5.74) is 0.